The smallest absolute Gasteiger partial charge is 0.422 e. The molecule has 1 atom stereocenters. The van der Waals surface area contributed by atoms with Crippen molar-refractivity contribution in [3.05, 3.63) is 64.8 Å². The second-order valence-electron chi connectivity index (χ2n) is 4.67. The van der Waals surface area contributed by atoms with Crippen molar-refractivity contribution >= 4 is 10.8 Å². The van der Waals surface area contributed by atoms with Crippen LogP contribution in [0.3, 0.4) is 0 Å². The van der Waals surface area contributed by atoms with Crippen molar-refractivity contribution in [3.8, 4) is 5.95 Å². The summed E-state index contributed by atoms with van der Waals surface area (Å²) in [6.45, 7) is 1.97. The third kappa shape index (κ3) is 1.99. The Morgan fingerprint density at radius 2 is 1.90 bits per heavy atom. The number of ether oxygens (including phenoxy) is 1. The third-order valence-corrected chi connectivity index (χ3v) is 3.54. The van der Waals surface area contributed by atoms with Gasteiger partial charge in [-0.05, 0) is 23.3 Å². The molecule has 3 aromatic rings. The molecule has 0 N–H and O–H groups in total. The number of nitrogens with zero attached hydrogens (tertiary/aromatic N) is 1. The van der Waals surface area contributed by atoms with E-state index in [4.69, 9.17) is 9.15 Å². The van der Waals surface area contributed by atoms with Gasteiger partial charge in [0.2, 0.25) is 0 Å². The number of rotatable bonds is 3. The van der Waals surface area contributed by atoms with Crippen LogP contribution in [0, 0.1) is 0 Å². The normalized spacial score (nSPS) is 12.5. The van der Waals surface area contributed by atoms with Crippen molar-refractivity contribution in [2.75, 3.05) is 7.11 Å². The van der Waals surface area contributed by atoms with Crippen LogP contribution in [0.1, 0.15) is 18.5 Å². The van der Waals surface area contributed by atoms with Crippen LogP contribution in [-0.4, -0.2) is 11.7 Å². The van der Waals surface area contributed by atoms with Gasteiger partial charge in [-0.15, -0.1) is 0 Å². The van der Waals surface area contributed by atoms with E-state index in [9.17, 15) is 4.79 Å². The summed E-state index contributed by atoms with van der Waals surface area (Å²) < 4.78 is 11.5. The van der Waals surface area contributed by atoms with Crippen molar-refractivity contribution in [2.45, 2.75) is 13.0 Å². The molecule has 0 aliphatic carbocycles. The van der Waals surface area contributed by atoms with E-state index in [2.05, 4.69) is 18.2 Å². The van der Waals surface area contributed by atoms with E-state index >= 15 is 0 Å². The van der Waals surface area contributed by atoms with E-state index in [1.807, 2.05) is 31.2 Å². The molecule has 20 heavy (non-hydrogen) atoms. The van der Waals surface area contributed by atoms with Gasteiger partial charge >= 0.3 is 11.7 Å². The van der Waals surface area contributed by atoms with E-state index in [0.29, 0.717) is 0 Å². The zero-order valence-electron chi connectivity index (χ0n) is 11.4. The van der Waals surface area contributed by atoms with Crippen LogP contribution in [-0.2, 0) is 0 Å². The van der Waals surface area contributed by atoms with Gasteiger partial charge in [0.25, 0.3) is 0 Å². The Morgan fingerprint density at radius 1 is 1.15 bits per heavy atom. The van der Waals surface area contributed by atoms with Crippen LogP contribution < -0.4 is 10.5 Å². The van der Waals surface area contributed by atoms with Crippen LogP contribution in [0.5, 0.6) is 5.95 Å². The summed E-state index contributed by atoms with van der Waals surface area (Å²) in [5, 5.41) is 2.29. The first-order chi connectivity index (χ1) is 9.70. The molecule has 0 aliphatic heterocycles. The topological polar surface area (TPSA) is 44.4 Å². The van der Waals surface area contributed by atoms with E-state index in [1.165, 1.54) is 7.11 Å². The van der Waals surface area contributed by atoms with Crippen LogP contribution in [0.4, 0.5) is 0 Å². The maximum Gasteiger partial charge on any atom is 0.422 e. The molecule has 0 radical (unpaired) electrons. The Balaban J connectivity index is 2.15. The molecule has 102 valence electrons. The first-order valence-corrected chi connectivity index (χ1v) is 6.44. The molecule has 2 aromatic carbocycles. The van der Waals surface area contributed by atoms with Crippen molar-refractivity contribution in [1.29, 1.82) is 0 Å². The van der Waals surface area contributed by atoms with Crippen molar-refractivity contribution in [1.82, 2.24) is 4.57 Å². The van der Waals surface area contributed by atoms with Crippen molar-refractivity contribution in [2.24, 2.45) is 0 Å². The first kappa shape index (κ1) is 12.5. The Hall–Kier alpha value is -2.49. The zero-order chi connectivity index (χ0) is 14.1. The minimum Gasteiger partial charge on any atom is -0.467 e. The maximum absolute atomic E-state index is 11.9. The van der Waals surface area contributed by atoms with Gasteiger partial charge in [0, 0.05) is 0 Å². The average Bonchev–Trinajstić information content (AvgIpc) is 2.87. The molecule has 4 heteroatoms. The summed E-state index contributed by atoms with van der Waals surface area (Å²) in [5.74, 6) is -0.190. The minimum absolute atomic E-state index is 0.124. The van der Waals surface area contributed by atoms with E-state index in [0.717, 1.165) is 16.3 Å². The zero-order valence-corrected chi connectivity index (χ0v) is 11.4. The fourth-order valence-corrected chi connectivity index (χ4v) is 2.46. The Kier molecular flexibility index (Phi) is 3.06. The molecule has 1 heterocycles. The molecule has 0 bridgehead atoms. The lowest BCUT2D eigenvalue weighted by molar-refractivity contribution is 0.292. The number of methoxy groups -OCH3 is 1. The Morgan fingerprint density at radius 3 is 2.65 bits per heavy atom. The fraction of sp³-hybridized carbons (Fsp3) is 0.188. The van der Waals surface area contributed by atoms with Gasteiger partial charge in [-0.2, -0.15) is 0 Å². The van der Waals surface area contributed by atoms with Crippen LogP contribution >= 0.6 is 0 Å². The predicted octanol–water partition coefficient (Wildman–Crippen LogP) is 3.21. The SMILES string of the molecule is COc1cn([C@@H](C)c2cccc3ccccc23)c(=O)o1. The number of aromatic nitrogens is 1. The molecule has 0 saturated heterocycles. The van der Waals surface area contributed by atoms with Gasteiger partial charge in [-0.1, -0.05) is 42.5 Å². The second-order valence-corrected chi connectivity index (χ2v) is 4.67. The molecule has 3 rings (SSSR count). The molecule has 1 aromatic heterocycles. The highest BCUT2D eigenvalue weighted by atomic mass is 16.6. The van der Waals surface area contributed by atoms with Crippen molar-refractivity contribution < 1.29 is 9.15 Å². The van der Waals surface area contributed by atoms with Crippen LogP contribution in [0.25, 0.3) is 10.8 Å². The Bertz CT molecular complexity index is 795. The van der Waals surface area contributed by atoms with Gasteiger partial charge in [0.15, 0.2) is 0 Å². The number of fused-ring (bicyclic) bond motifs is 1. The first-order valence-electron chi connectivity index (χ1n) is 6.44. The second kappa shape index (κ2) is 4.89. The lowest BCUT2D eigenvalue weighted by Crippen LogP contribution is -2.18. The van der Waals surface area contributed by atoms with Crippen LogP contribution in [0.15, 0.2) is 57.9 Å². The van der Waals surface area contributed by atoms with Gasteiger partial charge in [-0.25, -0.2) is 4.79 Å². The molecule has 0 fully saturated rings. The number of hydrogen-bond acceptors (Lipinski definition) is 3. The van der Waals surface area contributed by atoms with E-state index in [1.54, 1.807) is 10.8 Å². The summed E-state index contributed by atoms with van der Waals surface area (Å²) in [6.07, 6.45) is 1.59. The molecule has 0 saturated carbocycles. The molecule has 4 nitrogen and oxygen atoms in total. The monoisotopic (exact) mass is 269 g/mol. The highest BCUT2D eigenvalue weighted by molar-refractivity contribution is 5.86. The summed E-state index contributed by atoms with van der Waals surface area (Å²) >= 11 is 0. The summed E-state index contributed by atoms with van der Waals surface area (Å²) in [4.78, 5) is 11.9. The summed E-state index contributed by atoms with van der Waals surface area (Å²) in [5.41, 5.74) is 1.08. The third-order valence-electron chi connectivity index (χ3n) is 3.54. The lowest BCUT2D eigenvalue weighted by Gasteiger charge is -2.14. The average molecular weight is 269 g/mol. The molecule has 0 unspecified atom stereocenters. The summed E-state index contributed by atoms with van der Waals surface area (Å²) in [6, 6.07) is 14.1. The highest BCUT2D eigenvalue weighted by Gasteiger charge is 2.16. The van der Waals surface area contributed by atoms with Gasteiger partial charge in [-0.3, -0.25) is 4.57 Å². The molecule has 0 spiro atoms. The molecular formula is C16H15NO3. The van der Waals surface area contributed by atoms with Gasteiger partial charge < -0.3 is 9.15 Å². The summed E-state index contributed by atoms with van der Waals surface area (Å²) in [7, 11) is 1.48. The largest absolute Gasteiger partial charge is 0.467 e. The molecule has 0 aliphatic rings. The molecule has 0 amide bonds. The standard InChI is InChI=1S/C16H15NO3/c1-11(17-10-15(19-2)20-16(17)18)13-9-5-7-12-6-3-4-8-14(12)13/h3-11H,1-2H3/t11-/m0/s1. The maximum atomic E-state index is 11.9. The van der Waals surface area contributed by atoms with E-state index in [-0.39, 0.29) is 12.0 Å². The lowest BCUT2D eigenvalue weighted by atomic mass is 10.00. The fourth-order valence-electron chi connectivity index (χ4n) is 2.46. The quantitative estimate of drug-likeness (QED) is 0.733. The van der Waals surface area contributed by atoms with Gasteiger partial charge in [0.05, 0.1) is 19.3 Å². The van der Waals surface area contributed by atoms with E-state index < -0.39 is 5.76 Å². The van der Waals surface area contributed by atoms with Crippen molar-refractivity contribution in [3.63, 3.8) is 0 Å². The predicted molar refractivity (Wildman–Crippen MR) is 77.3 cm³/mol. The Labute approximate surface area is 116 Å². The number of benzene rings is 2. The highest BCUT2D eigenvalue weighted by Crippen LogP contribution is 2.26. The molecular weight excluding hydrogens is 254 g/mol. The minimum atomic E-state index is -0.415. The number of hydrogen-bond donors (Lipinski definition) is 0. The van der Waals surface area contributed by atoms with Crippen LogP contribution in [0.2, 0.25) is 0 Å². The van der Waals surface area contributed by atoms with Gasteiger partial charge in [0.1, 0.15) is 0 Å². The number of oxazole rings is 1.